The molecule has 3 aromatic rings. The zero-order chi connectivity index (χ0) is 22.1. The minimum Gasteiger partial charge on any atom is -0.465 e. The molecular formula is C22H14BrClN2O5. The van der Waals surface area contributed by atoms with Crippen LogP contribution in [0.2, 0.25) is 5.02 Å². The predicted molar refractivity (Wildman–Crippen MR) is 118 cm³/mol. The summed E-state index contributed by atoms with van der Waals surface area (Å²) in [5.74, 6) is -0.859. The molecule has 2 amide bonds. The van der Waals surface area contributed by atoms with Crippen molar-refractivity contribution in [2.24, 2.45) is 0 Å². The zero-order valence-corrected chi connectivity index (χ0v) is 18.4. The number of anilines is 1. The van der Waals surface area contributed by atoms with Crippen LogP contribution in [0, 0.1) is 0 Å². The van der Waals surface area contributed by atoms with Gasteiger partial charge in [-0.25, -0.2) is 9.80 Å². The topological polar surface area (TPSA) is 88.9 Å². The van der Waals surface area contributed by atoms with E-state index in [9.17, 15) is 14.4 Å². The van der Waals surface area contributed by atoms with Crippen molar-refractivity contribution >= 4 is 57.1 Å². The Bertz CT molecular complexity index is 1230. The Morgan fingerprint density at radius 2 is 1.87 bits per heavy atom. The number of hydrogen-bond donors (Lipinski definition) is 1. The van der Waals surface area contributed by atoms with Crippen molar-refractivity contribution in [3.63, 3.8) is 0 Å². The van der Waals surface area contributed by atoms with Crippen molar-refractivity contribution in [1.29, 1.82) is 0 Å². The van der Waals surface area contributed by atoms with Gasteiger partial charge in [0.1, 0.15) is 17.1 Å². The second-order valence-electron chi connectivity index (χ2n) is 6.50. The summed E-state index contributed by atoms with van der Waals surface area (Å²) >= 11 is 9.38. The van der Waals surface area contributed by atoms with Crippen molar-refractivity contribution in [3.8, 4) is 11.3 Å². The highest BCUT2D eigenvalue weighted by Crippen LogP contribution is 2.29. The second-order valence-corrected chi connectivity index (χ2v) is 7.83. The van der Waals surface area contributed by atoms with Crippen LogP contribution in [0.15, 0.2) is 69.1 Å². The summed E-state index contributed by atoms with van der Waals surface area (Å²) in [5.41, 5.74) is 3.80. The van der Waals surface area contributed by atoms with Crippen molar-refractivity contribution < 1.29 is 23.5 Å². The molecule has 4 rings (SSSR count). The third-order valence-electron chi connectivity index (χ3n) is 4.55. The number of ether oxygens (including phenoxy) is 1. The highest BCUT2D eigenvalue weighted by Gasteiger charge is 2.34. The van der Waals surface area contributed by atoms with E-state index in [1.54, 1.807) is 54.6 Å². The molecule has 7 nitrogen and oxygen atoms in total. The minimum atomic E-state index is -0.568. The van der Waals surface area contributed by atoms with Crippen LogP contribution in [0.1, 0.15) is 16.1 Å². The number of halogens is 2. The van der Waals surface area contributed by atoms with Gasteiger partial charge in [0.25, 0.3) is 11.8 Å². The van der Waals surface area contributed by atoms with Crippen molar-refractivity contribution in [2.45, 2.75) is 0 Å². The fourth-order valence-electron chi connectivity index (χ4n) is 3.00. The average Bonchev–Trinajstić information content (AvgIpc) is 3.34. The molecule has 2 heterocycles. The fourth-order valence-corrected chi connectivity index (χ4v) is 3.46. The summed E-state index contributed by atoms with van der Waals surface area (Å²) < 4.78 is 11.3. The molecule has 0 atom stereocenters. The maximum Gasteiger partial charge on any atom is 0.339 e. The first-order valence-corrected chi connectivity index (χ1v) is 10.2. The van der Waals surface area contributed by atoms with Gasteiger partial charge in [-0.05, 0) is 60.7 Å². The standard InChI is InChI=1S/C22H14BrClN2O5/c1-30-22(29)16-10-12(2-8-18(16)24)19-9-7-15(31-19)11-17-20(27)25-26(21(17)28)14-5-3-13(23)4-6-14/h2-11H,1H3,(H,25,27). The van der Waals surface area contributed by atoms with Gasteiger partial charge in [0.15, 0.2) is 0 Å². The Kier molecular flexibility index (Phi) is 5.67. The van der Waals surface area contributed by atoms with Crippen molar-refractivity contribution in [3.05, 3.63) is 81.0 Å². The van der Waals surface area contributed by atoms with E-state index < -0.39 is 17.8 Å². The molecule has 1 aliphatic heterocycles. The summed E-state index contributed by atoms with van der Waals surface area (Å²) in [6.07, 6.45) is 1.37. The number of hydrogen-bond acceptors (Lipinski definition) is 5. The molecule has 0 spiro atoms. The third kappa shape index (κ3) is 4.12. The first-order valence-electron chi connectivity index (χ1n) is 8.98. The molecule has 2 aromatic carbocycles. The molecule has 31 heavy (non-hydrogen) atoms. The summed E-state index contributed by atoms with van der Waals surface area (Å²) in [5, 5.41) is 1.43. The number of furan rings is 1. The highest BCUT2D eigenvalue weighted by molar-refractivity contribution is 9.10. The van der Waals surface area contributed by atoms with Crippen LogP contribution in [-0.2, 0) is 14.3 Å². The second kappa shape index (κ2) is 8.41. The molecule has 9 heteroatoms. The van der Waals surface area contributed by atoms with Gasteiger partial charge in [-0.1, -0.05) is 27.5 Å². The lowest BCUT2D eigenvalue weighted by Crippen LogP contribution is -2.35. The van der Waals surface area contributed by atoms with E-state index >= 15 is 0 Å². The number of esters is 1. The smallest absolute Gasteiger partial charge is 0.339 e. The molecule has 0 unspecified atom stereocenters. The van der Waals surface area contributed by atoms with E-state index in [1.807, 2.05) is 0 Å². The van der Waals surface area contributed by atoms with E-state index in [0.717, 1.165) is 4.47 Å². The molecule has 0 saturated carbocycles. The molecule has 1 fully saturated rings. The molecule has 1 aliphatic rings. The number of carbonyl (C=O) groups is 3. The van der Waals surface area contributed by atoms with Gasteiger partial charge in [-0.2, -0.15) is 0 Å². The number of nitrogens with one attached hydrogen (secondary N) is 1. The Hall–Kier alpha value is -3.36. The largest absolute Gasteiger partial charge is 0.465 e. The molecule has 0 aliphatic carbocycles. The zero-order valence-electron chi connectivity index (χ0n) is 16.0. The fraction of sp³-hybridized carbons (Fsp3) is 0.0455. The summed E-state index contributed by atoms with van der Waals surface area (Å²) in [6.45, 7) is 0. The van der Waals surface area contributed by atoms with E-state index in [-0.39, 0.29) is 16.2 Å². The van der Waals surface area contributed by atoms with Gasteiger partial charge >= 0.3 is 5.97 Å². The number of methoxy groups -OCH3 is 1. The Labute approximate surface area is 190 Å². The number of nitrogens with zero attached hydrogens (tertiary/aromatic N) is 1. The maximum atomic E-state index is 12.7. The molecule has 0 radical (unpaired) electrons. The van der Waals surface area contributed by atoms with Crippen LogP contribution >= 0.6 is 27.5 Å². The lowest BCUT2D eigenvalue weighted by Gasteiger charge is -2.14. The summed E-state index contributed by atoms with van der Waals surface area (Å²) in [7, 11) is 1.27. The lowest BCUT2D eigenvalue weighted by molar-refractivity contribution is -0.117. The number of hydrazine groups is 1. The minimum absolute atomic E-state index is 0.0600. The number of carbonyl (C=O) groups excluding carboxylic acids is 3. The Balaban J connectivity index is 1.61. The molecule has 1 aromatic heterocycles. The highest BCUT2D eigenvalue weighted by atomic mass is 79.9. The van der Waals surface area contributed by atoms with E-state index in [1.165, 1.54) is 18.2 Å². The van der Waals surface area contributed by atoms with E-state index in [4.69, 9.17) is 20.8 Å². The molecule has 0 bridgehead atoms. The van der Waals surface area contributed by atoms with E-state index in [2.05, 4.69) is 21.4 Å². The molecular weight excluding hydrogens is 488 g/mol. The lowest BCUT2D eigenvalue weighted by atomic mass is 10.1. The first-order chi connectivity index (χ1) is 14.9. The monoisotopic (exact) mass is 500 g/mol. The Morgan fingerprint density at radius 1 is 1.13 bits per heavy atom. The molecule has 1 N–H and O–H groups in total. The van der Waals surface area contributed by atoms with Gasteiger partial charge in [0.05, 0.1) is 23.4 Å². The van der Waals surface area contributed by atoms with Gasteiger partial charge in [0.2, 0.25) is 0 Å². The molecule has 1 saturated heterocycles. The number of rotatable bonds is 4. The number of amides is 2. The van der Waals surface area contributed by atoms with Crippen LogP contribution in [0.25, 0.3) is 17.4 Å². The van der Waals surface area contributed by atoms with E-state index in [0.29, 0.717) is 22.8 Å². The van der Waals surface area contributed by atoms with Gasteiger partial charge in [-0.15, -0.1) is 0 Å². The van der Waals surface area contributed by atoms with Crippen LogP contribution in [-0.4, -0.2) is 24.9 Å². The third-order valence-corrected chi connectivity index (χ3v) is 5.40. The van der Waals surface area contributed by atoms with Crippen LogP contribution in [0.4, 0.5) is 5.69 Å². The summed E-state index contributed by atoms with van der Waals surface area (Å²) in [4.78, 5) is 36.9. The molecule has 156 valence electrons. The summed E-state index contributed by atoms with van der Waals surface area (Å²) in [6, 6.07) is 15.0. The van der Waals surface area contributed by atoms with Crippen molar-refractivity contribution in [1.82, 2.24) is 5.43 Å². The van der Waals surface area contributed by atoms with Gasteiger partial charge in [-0.3, -0.25) is 15.0 Å². The van der Waals surface area contributed by atoms with Crippen LogP contribution in [0.5, 0.6) is 0 Å². The van der Waals surface area contributed by atoms with Crippen LogP contribution in [0.3, 0.4) is 0 Å². The number of benzene rings is 2. The van der Waals surface area contributed by atoms with Crippen molar-refractivity contribution in [2.75, 3.05) is 12.1 Å². The van der Waals surface area contributed by atoms with Gasteiger partial charge in [0, 0.05) is 10.0 Å². The Morgan fingerprint density at radius 3 is 2.58 bits per heavy atom. The average molecular weight is 502 g/mol. The maximum absolute atomic E-state index is 12.7. The quantitative estimate of drug-likeness (QED) is 0.320. The normalized spacial score (nSPS) is 14.8. The first kappa shape index (κ1) is 20.9. The predicted octanol–water partition coefficient (Wildman–Crippen LogP) is 4.61. The SMILES string of the molecule is COC(=O)c1cc(-c2ccc(C=C3C(=O)NN(c4ccc(Br)cc4)C3=O)o2)ccc1Cl. The van der Waals surface area contributed by atoms with Gasteiger partial charge < -0.3 is 9.15 Å². The van der Waals surface area contributed by atoms with Crippen LogP contribution < -0.4 is 10.4 Å².